The number of carbonyl (C=O) groups excluding carboxylic acids is 1. The lowest BCUT2D eigenvalue weighted by molar-refractivity contribution is -0.121. The Bertz CT molecular complexity index is 1170. The number of benzene rings is 2. The molecule has 3 aliphatic rings. The van der Waals surface area contributed by atoms with Gasteiger partial charge < -0.3 is 20.0 Å². The fourth-order valence-corrected chi connectivity index (χ4v) is 5.99. The highest BCUT2D eigenvalue weighted by Gasteiger charge is 2.35. The zero-order valence-corrected chi connectivity index (χ0v) is 19.6. The Morgan fingerprint density at radius 1 is 0.970 bits per heavy atom. The van der Waals surface area contributed by atoms with E-state index < -0.39 is 10.0 Å². The van der Waals surface area contributed by atoms with E-state index in [0.717, 1.165) is 44.7 Å². The van der Waals surface area contributed by atoms with Crippen LogP contribution in [0, 0.1) is 5.92 Å². The lowest BCUT2D eigenvalue weighted by atomic mass is 9.96. The highest BCUT2D eigenvalue weighted by molar-refractivity contribution is 7.90. The average Bonchev–Trinajstić information content (AvgIpc) is 3.11. The van der Waals surface area contributed by atoms with Gasteiger partial charge in [0, 0.05) is 56.2 Å². The number of piperidine rings is 1. The number of hydrogen-bond donors (Lipinski definition) is 1. The van der Waals surface area contributed by atoms with Crippen LogP contribution in [-0.4, -0.2) is 76.3 Å². The molecule has 2 aromatic carbocycles. The quantitative estimate of drug-likeness (QED) is 0.745. The van der Waals surface area contributed by atoms with Gasteiger partial charge in [0.15, 0.2) is 5.84 Å². The van der Waals surface area contributed by atoms with Crippen LogP contribution >= 0.6 is 0 Å². The van der Waals surface area contributed by atoms with Crippen LogP contribution in [0.3, 0.4) is 0 Å². The molecule has 2 aromatic rings. The SMILES string of the molecule is CN1CCN(c2ccc(NC(=O)C3CCCN(C4=NS(=O)(=O)c5ccccc54)C3)cc2)CC1. The molecule has 8 nitrogen and oxygen atoms in total. The van der Waals surface area contributed by atoms with Gasteiger partial charge in [-0.1, -0.05) is 12.1 Å². The summed E-state index contributed by atoms with van der Waals surface area (Å²) in [6.45, 7) is 5.24. The second-order valence-electron chi connectivity index (χ2n) is 9.00. The first-order chi connectivity index (χ1) is 15.9. The van der Waals surface area contributed by atoms with Crippen LogP contribution < -0.4 is 10.2 Å². The number of likely N-dealkylation sites (tertiary alicyclic amines) is 1. The van der Waals surface area contributed by atoms with Crippen molar-refractivity contribution in [2.24, 2.45) is 10.3 Å². The van der Waals surface area contributed by atoms with Crippen LogP contribution in [0.4, 0.5) is 11.4 Å². The van der Waals surface area contributed by atoms with Gasteiger partial charge in [0.25, 0.3) is 10.0 Å². The first-order valence-electron chi connectivity index (χ1n) is 11.4. The van der Waals surface area contributed by atoms with Gasteiger partial charge in [-0.25, -0.2) is 0 Å². The van der Waals surface area contributed by atoms with E-state index in [1.54, 1.807) is 18.2 Å². The van der Waals surface area contributed by atoms with E-state index in [1.165, 1.54) is 5.69 Å². The Labute approximate surface area is 194 Å². The molecule has 3 aliphatic heterocycles. The zero-order chi connectivity index (χ0) is 23.0. The number of nitrogens with zero attached hydrogens (tertiary/aromatic N) is 4. The number of amides is 1. The molecule has 9 heteroatoms. The number of rotatable bonds is 3. The normalized spacial score (nSPS) is 22.6. The Balaban J connectivity index is 1.24. The second-order valence-corrected chi connectivity index (χ2v) is 10.6. The zero-order valence-electron chi connectivity index (χ0n) is 18.8. The van der Waals surface area contributed by atoms with Gasteiger partial charge in [0.05, 0.1) is 5.92 Å². The van der Waals surface area contributed by atoms with Crippen molar-refractivity contribution >= 4 is 33.1 Å². The van der Waals surface area contributed by atoms with Gasteiger partial charge in [-0.3, -0.25) is 4.79 Å². The van der Waals surface area contributed by atoms with Gasteiger partial charge in [-0.15, -0.1) is 4.40 Å². The highest BCUT2D eigenvalue weighted by atomic mass is 32.2. The van der Waals surface area contributed by atoms with Crippen LogP contribution in [0.5, 0.6) is 0 Å². The summed E-state index contributed by atoms with van der Waals surface area (Å²) in [4.78, 5) is 19.9. The number of fused-ring (bicyclic) bond motifs is 1. The summed E-state index contributed by atoms with van der Waals surface area (Å²) in [5.41, 5.74) is 2.57. The molecular formula is C24H29N5O3S. The maximum absolute atomic E-state index is 13.0. The molecule has 1 amide bonds. The summed E-state index contributed by atoms with van der Waals surface area (Å²) in [6, 6.07) is 14.9. The van der Waals surface area contributed by atoms with Crippen molar-refractivity contribution in [1.29, 1.82) is 0 Å². The van der Waals surface area contributed by atoms with Crippen molar-refractivity contribution in [2.45, 2.75) is 17.7 Å². The number of carbonyl (C=O) groups is 1. The van der Waals surface area contributed by atoms with E-state index in [9.17, 15) is 13.2 Å². The third-order valence-corrected chi connectivity index (χ3v) is 8.03. The Hall–Kier alpha value is -2.91. The predicted octanol–water partition coefficient (Wildman–Crippen LogP) is 2.24. The smallest absolute Gasteiger partial charge is 0.285 e. The minimum atomic E-state index is -3.67. The Morgan fingerprint density at radius 3 is 2.45 bits per heavy atom. The average molecular weight is 468 g/mol. The van der Waals surface area contributed by atoms with E-state index in [2.05, 4.69) is 38.7 Å². The molecule has 0 bridgehead atoms. The number of likely N-dealkylation sites (N-methyl/N-ethyl adjacent to an activating group) is 1. The van der Waals surface area contributed by atoms with Crippen molar-refractivity contribution in [1.82, 2.24) is 9.80 Å². The van der Waals surface area contributed by atoms with E-state index in [-0.39, 0.29) is 16.7 Å². The number of anilines is 2. The van der Waals surface area contributed by atoms with Gasteiger partial charge in [-0.05, 0) is 56.3 Å². The number of piperazine rings is 1. The number of hydrogen-bond acceptors (Lipinski definition) is 6. The summed E-state index contributed by atoms with van der Waals surface area (Å²) in [5, 5.41) is 3.04. The van der Waals surface area contributed by atoms with Gasteiger partial charge >= 0.3 is 0 Å². The number of sulfonamides is 1. The molecular weight excluding hydrogens is 438 g/mol. The number of amidine groups is 1. The summed E-state index contributed by atoms with van der Waals surface area (Å²) in [6.07, 6.45) is 1.57. The molecule has 2 saturated heterocycles. The van der Waals surface area contributed by atoms with Crippen molar-refractivity contribution in [2.75, 3.05) is 56.5 Å². The first-order valence-corrected chi connectivity index (χ1v) is 12.9. The summed E-state index contributed by atoms with van der Waals surface area (Å²) in [5.74, 6) is 0.190. The molecule has 0 radical (unpaired) electrons. The molecule has 174 valence electrons. The number of nitrogens with one attached hydrogen (secondary N) is 1. The fraction of sp³-hybridized carbons (Fsp3) is 0.417. The van der Waals surface area contributed by atoms with Crippen molar-refractivity contribution in [3.63, 3.8) is 0 Å². The fourth-order valence-electron chi connectivity index (χ4n) is 4.76. The van der Waals surface area contributed by atoms with Crippen LogP contribution in [0.1, 0.15) is 18.4 Å². The Kier molecular flexibility index (Phi) is 5.84. The van der Waals surface area contributed by atoms with Crippen LogP contribution in [-0.2, 0) is 14.8 Å². The van der Waals surface area contributed by atoms with E-state index in [1.807, 2.05) is 23.1 Å². The standard InChI is InChI=1S/C24H29N5O3S/c1-27-13-15-28(16-14-27)20-10-8-19(9-11-20)25-24(30)18-5-4-12-29(17-18)23-21-6-2-3-7-22(21)33(31,32)26-23/h2-3,6-11,18H,4-5,12-17H2,1H3,(H,25,30). The molecule has 0 aromatic heterocycles. The van der Waals surface area contributed by atoms with Crippen LogP contribution in [0.15, 0.2) is 57.8 Å². The maximum Gasteiger partial charge on any atom is 0.285 e. The largest absolute Gasteiger partial charge is 0.369 e. The van der Waals surface area contributed by atoms with Crippen LogP contribution in [0.25, 0.3) is 0 Å². The minimum absolute atomic E-state index is 0.0400. The predicted molar refractivity (Wildman–Crippen MR) is 129 cm³/mol. The molecule has 1 N–H and O–H groups in total. The Morgan fingerprint density at radius 2 is 1.70 bits per heavy atom. The third kappa shape index (κ3) is 4.47. The molecule has 0 saturated carbocycles. The molecule has 5 rings (SSSR count). The molecule has 33 heavy (non-hydrogen) atoms. The summed E-state index contributed by atoms with van der Waals surface area (Å²) >= 11 is 0. The van der Waals surface area contributed by atoms with E-state index >= 15 is 0 Å². The molecule has 1 atom stereocenters. The molecule has 3 heterocycles. The molecule has 2 fully saturated rings. The van der Waals surface area contributed by atoms with Gasteiger partial charge in [-0.2, -0.15) is 8.42 Å². The monoisotopic (exact) mass is 467 g/mol. The minimum Gasteiger partial charge on any atom is -0.369 e. The molecule has 1 unspecified atom stereocenters. The summed E-state index contributed by atoms with van der Waals surface area (Å²) < 4.78 is 28.9. The lowest BCUT2D eigenvalue weighted by Crippen LogP contribution is -2.44. The van der Waals surface area contributed by atoms with Crippen LogP contribution in [0.2, 0.25) is 0 Å². The first kappa shape index (κ1) is 21.9. The molecule has 0 aliphatic carbocycles. The van der Waals surface area contributed by atoms with E-state index in [0.29, 0.717) is 24.5 Å². The third-order valence-electron chi connectivity index (χ3n) is 6.71. The summed E-state index contributed by atoms with van der Waals surface area (Å²) in [7, 11) is -1.53. The van der Waals surface area contributed by atoms with E-state index in [4.69, 9.17) is 0 Å². The second kappa shape index (κ2) is 8.79. The van der Waals surface area contributed by atoms with Crippen molar-refractivity contribution in [3.8, 4) is 0 Å². The van der Waals surface area contributed by atoms with Crippen molar-refractivity contribution < 1.29 is 13.2 Å². The topological polar surface area (TPSA) is 85.3 Å². The van der Waals surface area contributed by atoms with Crippen molar-refractivity contribution in [3.05, 3.63) is 54.1 Å². The van der Waals surface area contributed by atoms with Gasteiger partial charge in [0.2, 0.25) is 5.91 Å². The maximum atomic E-state index is 13.0. The van der Waals surface area contributed by atoms with Gasteiger partial charge in [0.1, 0.15) is 4.90 Å². The molecule has 0 spiro atoms. The highest BCUT2D eigenvalue weighted by Crippen LogP contribution is 2.30. The lowest BCUT2D eigenvalue weighted by Gasteiger charge is -2.34.